The molecule has 7 nitrogen and oxygen atoms in total. The molecule has 2 atom stereocenters. The van der Waals surface area contributed by atoms with Crippen LogP contribution in [0.3, 0.4) is 0 Å². The van der Waals surface area contributed by atoms with Crippen LogP contribution in [0.1, 0.15) is 30.9 Å². The van der Waals surface area contributed by atoms with E-state index in [1.807, 2.05) is 0 Å². The van der Waals surface area contributed by atoms with Crippen molar-refractivity contribution in [1.29, 1.82) is 0 Å². The highest BCUT2D eigenvalue weighted by Crippen LogP contribution is 2.43. The molecule has 0 amide bonds. The third kappa shape index (κ3) is 3.07. The lowest BCUT2D eigenvalue weighted by Crippen LogP contribution is -2.44. The zero-order valence-corrected chi connectivity index (χ0v) is 15.5. The fourth-order valence-electron chi connectivity index (χ4n) is 4.24. The molecule has 0 spiro atoms. The Hall–Kier alpha value is -2.56. The van der Waals surface area contributed by atoms with E-state index < -0.39 is 41.0 Å². The number of phenols is 1. The van der Waals surface area contributed by atoms with Crippen LogP contribution in [0.25, 0.3) is 10.9 Å². The molecule has 1 saturated carbocycles. The summed E-state index contributed by atoms with van der Waals surface area (Å²) < 4.78 is 55.3. The molecule has 2 aliphatic rings. The van der Waals surface area contributed by atoms with Gasteiger partial charge in [-0.25, -0.2) is 9.18 Å². The van der Waals surface area contributed by atoms with E-state index in [1.165, 1.54) is 16.4 Å². The van der Waals surface area contributed by atoms with E-state index in [9.17, 15) is 27.9 Å². The number of nitrogens with zero attached hydrogens (tertiary/aromatic N) is 2. The monoisotopic (exact) mass is 416 g/mol. The number of alkyl halides is 3. The van der Waals surface area contributed by atoms with Crippen molar-refractivity contribution in [3.05, 3.63) is 32.2 Å². The summed E-state index contributed by atoms with van der Waals surface area (Å²) in [5, 5.41) is 10.0. The van der Waals surface area contributed by atoms with Gasteiger partial charge in [0.2, 0.25) is 0 Å². The predicted octanol–water partition coefficient (Wildman–Crippen LogP) is 1.89. The molecule has 4 N–H and O–H groups in total. The van der Waals surface area contributed by atoms with E-state index in [-0.39, 0.29) is 47.7 Å². The predicted molar refractivity (Wildman–Crippen MR) is 97.8 cm³/mol. The summed E-state index contributed by atoms with van der Waals surface area (Å²) in [5.74, 6) is -2.95. The third-order valence-corrected chi connectivity index (χ3v) is 5.85. The van der Waals surface area contributed by atoms with E-state index in [0.29, 0.717) is 12.8 Å². The van der Waals surface area contributed by atoms with Gasteiger partial charge in [-0.1, -0.05) is 0 Å². The molecule has 2 unspecified atom stereocenters. The Balaban J connectivity index is 1.88. The fourth-order valence-corrected chi connectivity index (χ4v) is 4.24. The molecule has 11 heteroatoms. The number of benzene rings is 1. The van der Waals surface area contributed by atoms with Gasteiger partial charge in [-0.3, -0.25) is 14.3 Å². The van der Waals surface area contributed by atoms with Gasteiger partial charge in [-0.05, 0) is 26.2 Å². The topological polar surface area (TPSA) is 104 Å². The van der Waals surface area contributed by atoms with Crippen LogP contribution in [0.4, 0.5) is 23.2 Å². The second-order valence-corrected chi connectivity index (χ2v) is 7.78. The normalized spacial score (nSPS) is 21.2. The largest absolute Gasteiger partial charge is 0.504 e. The molecule has 1 aliphatic heterocycles. The number of hydrogen-bond acceptors (Lipinski definition) is 5. The van der Waals surface area contributed by atoms with Gasteiger partial charge in [-0.2, -0.15) is 13.2 Å². The zero-order chi connectivity index (χ0) is 21.2. The van der Waals surface area contributed by atoms with Gasteiger partial charge in [0.15, 0.2) is 11.6 Å². The Labute approximate surface area is 161 Å². The van der Waals surface area contributed by atoms with Crippen LogP contribution in [0, 0.1) is 18.7 Å². The van der Waals surface area contributed by atoms with E-state index in [1.54, 1.807) is 0 Å². The highest BCUT2D eigenvalue weighted by molar-refractivity contribution is 5.92. The lowest BCUT2D eigenvalue weighted by Gasteiger charge is -2.26. The minimum absolute atomic E-state index is 0.100. The Morgan fingerprint density at radius 1 is 1.24 bits per heavy atom. The second kappa shape index (κ2) is 6.48. The van der Waals surface area contributed by atoms with Crippen molar-refractivity contribution in [2.24, 2.45) is 11.7 Å². The Morgan fingerprint density at radius 3 is 2.48 bits per heavy atom. The van der Waals surface area contributed by atoms with Crippen molar-refractivity contribution in [3.63, 3.8) is 0 Å². The molecule has 2 aromatic rings. The molecular weight excluding hydrogens is 396 g/mol. The molecule has 1 saturated heterocycles. The average Bonchev–Trinajstić information content (AvgIpc) is 3.35. The standard InChI is InChI=1S/C18H20F4N4O3/c1-7-12-10(16(28)24-17(29)26(12)9-2-3-9)14(27)11(19)13(7)25-5-4-8(6-25)15(23)18(20,21)22/h8-9,15,27H,2-6,23H2,1H3,(H,24,28,29). The average molecular weight is 416 g/mol. The fraction of sp³-hybridized carbons (Fsp3) is 0.556. The maximum absolute atomic E-state index is 15.1. The minimum atomic E-state index is -4.57. The summed E-state index contributed by atoms with van der Waals surface area (Å²) in [7, 11) is 0. The number of phenolic OH excluding ortho intramolecular Hbond substituents is 1. The van der Waals surface area contributed by atoms with Crippen LogP contribution in [-0.4, -0.2) is 40.0 Å². The van der Waals surface area contributed by atoms with Gasteiger partial charge in [-0.15, -0.1) is 0 Å². The van der Waals surface area contributed by atoms with E-state index >= 15 is 4.39 Å². The molecule has 2 fully saturated rings. The number of aromatic amines is 1. The van der Waals surface area contributed by atoms with Crippen molar-refractivity contribution in [2.75, 3.05) is 18.0 Å². The molecule has 4 rings (SSSR count). The first-order chi connectivity index (χ1) is 13.5. The van der Waals surface area contributed by atoms with Crippen LogP contribution >= 0.6 is 0 Å². The Morgan fingerprint density at radius 2 is 1.90 bits per heavy atom. The number of anilines is 1. The Kier molecular flexibility index (Phi) is 4.41. The SMILES string of the molecule is Cc1c(N2CCC(C(N)C(F)(F)F)C2)c(F)c(O)c2c(=O)[nH]c(=O)n(C3CC3)c12. The summed E-state index contributed by atoms with van der Waals surface area (Å²) in [6, 6.07) is -2.22. The number of H-pyrrole nitrogens is 1. The number of aryl methyl sites for hydroxylation is 1. The van der Waals surface area contributed by atoms with Gasteiger partial charge >= 0.3 is 11.9 Å². The molecule has 1 aromatic heterocycles. The van der Waals surface area contributed by atoms with Gasteiger partial charge in [0.05, 0.1) is 11.2 Å². The molecule has 1 aromatic carbocycles. The number of aromatic nitrogens is 2. The Bertz CT molecular complexity index is 1100. The summed E-state index contributed by atoms with van der Waals surface area (Å²) >= 11 is 0. The number of nitrogens with one attached hydrogen (secondary N) is 1. The van der Waals surface area contributed by atoms with Crippen molar-refractivity contribution in [3.8, 4) is 5.75 Å². The van der Waals surface area contributed by atoms with Crippen LogP contribution in [0.15, 0.2) is 9.59 Å². The summed E-state index contributed by atoms with van der Waals surface area (Å²) in [6.07, 6.45) is -3.08. The molecule has 158 valence electrons. The van der Waals surface area contributed by atoms with Crippen LogP contribution in [0.2, 0.25) is 0 Å². The van der Waals surface area contributed by atoms with E-state index in [2.05, 4.69) is 4.98 Å². The first kappa shape index (κ1) is 19.7. The molecule has 29 heavy (non-hydrogen) atoms. The summed E-state index contributed by atoms with van der Waals surface area (Å²) in [5.41, 5.74) is 3.98. The highest BCUT2D eigenvalue weighted by Gasteiger charge is 2.45. The lowest BCUT2D eigenvalue weighted by atomic mass is 9.99. The zero-order valence-electron chi connectivity index (χ0n) is 15.5. The number of nitrogens with two attached hydrogens (primary N) is 1. The molecule has 0 radical (unpaired) electrons. The number of hydrogen-bond donors (Lipinski definition) is 3. The molecule has 1 aliphatic carbocycles. The number of aromatic hydroxyl groups is 1. The van der Waals surface area contributed by atoms with Crippen molar-refractivity contribution in [1.82, 2.24) is 9.55 Å². The van der Waals surface area contributed by atoms with Crippen molar-refractivity contribution < 1.29 is 22.7 Å². The third-order valence-electron chi connectivity index (χ3n) is 5.85. The number of rotatable bonds is 3. The van der Waals surface area contributed by atoms with Gasteiger partial charge in [0.1, 0.15) is 11.4 Å². The van der Waals surface area contributed by atoms with Crippen LogP contribution < -0.4 is 21.9 Å². The second-order valence-electron chi connectivity index (χ2n) is 7.78. The number of halogens is 4. The maximum atomic E-state index is 15.1. The lowest BCUT2D eigenvalue weighted by molar-refractivity contribution is -0.157. The molecule has 0 bridgehead atoms. The summed E-state index contributed by atoms with van der Waals surface area (Å²) in [6.45, 7) is 1.45. The van der Waals surface area contributed by atoms with Gasteiger partial charge < -0.3 is 15.7 Å². The van der Waals surface area contributed by atoms with Crippen molar-refractivity contribution >= 4 is 16.6 Å². The molecular formula is C18H20F4N4O3. The van der Waals surface area contributed by atoms with E-state index in [0.717, 1.165) is 0 Å². The smallest absolute Gasteiger partial charge is 0.403 e. The first-order valence-electron chi connectivity index (χ1n) is 9.29. The van der Waals surface area contributed by atoms with Crippen molar-refractivity contribution in [2.45, 2.75) is 44.4 Å². The van der Waals surface area contributed by atoms with Crippen LogP contribution in [-0.2, 0) is 0 Å². The van der Waals surface area contributed by atoms with Gasteiger partial charge in [0.25, 0.3) is 5.56 Å². The highest BCUT2D eigenvalue weighted by atomic mass is 19.4. The van der Waals surface area contributed by atoms with E-state index in [4.69, 9.17) is 5.73 Å². The van der Waals surface area contributed by atoms with Crippen LogP contribution in [0.5, 0.6) is 5.75 Å². The van der Waals surface area contributed by atoms with Gasteiger partial charge in [0, 0.05) is 30.6 Å². The molecule has 2 heterocycles. The number of fused-ring (bicyclic) bond motifs is 1. The quantitative estimate of drug-likeness (QED) is 0.663. The minimum Gasteiger partial charge on any atom is -0.504 e. The first-order valence-corrected chi connectivity index (χ1v) is 9.29. The summed E-state index contributed by atoms with van der Waals surface area (Å²) in [4.78, 5) is 28.1. The maximum Gasteiger partial charge on any atom is 0.403 e.